The van der Waals surface area contributed by atoms with Crippen molar-refractivity contribution < 1.29 is 23.8 Å². The standard InChI is InChI=1S/C20H23ClN2O5/c1-4-28-19-16(21)9-14(10-17(19)27-3)20(25)23-12-18(24)22-11-13-5-7-15(26-2)8-6-13/h5-10H,4,11-12H2,1-3H3,(H,22,24)(H,23,25). The second-order valence-corrected chi connectivity index (χ2v) is 6.14. The van der Waals surface area contributed by atoms with Crippen LogP contribution in [0.4, 0.5) is 0 Å². The molecule has 0 aromatic heterocycles. The molecule has 0 unspecified atom stereocenters. The summed E-state index contributed by atoms with van der Waals surface area (Å²) in [5.41, 5.74) is 1.19. The zero-order valence-electron chi connectivity index (χ0n) is 16.0. The number of hydrogen-bond acceptors (Lipinski definition) is 5. The summed E-state index contributed by atoms with van der Waals surface area (Å²) < 4.78 is 15.7. The minimum absolute atomic E-state index is 0.165. The first-order valence-corrected chi connectivity index (χ1v) is 9.04. The maximum absolute atomic E-state index is 12.3. The Labute approximate surface area is 168 Å². The molecule has 0 saturated heterocycles. The molecule has 2 rings (SSSR count). The first-order valence-electron chi connectivity index (χ1n) is 8.66. The van der Waals surface area contributed by atoms with Crippen LogP contribution in [0.15, 0.2) is 36.4 Å². The van der Waals surface area contributed by atoms with Crippen molar-refractivity contribution in [3.63, 3.8) is 0 Å². The first-order chi connectivity index (χ1) is 13.5. The highest BCUT2D eigenvalue weighted by Gasteiger charge is 2.16. The highest BCUT2D eigenvalue weighted by atomic mass is 35.5. The number of halogens is 1. The van der Waals surface area contributed by atoms with E-state index in [4.69, 9.17) is 25.8 Å². The molecule has 2 aromatic rings. The third-order valence-electron chi connectivity index (χ3n) is 3.84. The van der Waals surface area contributed by atoms with Crippen LogP contribution in [0.25, 0.3) is 0 Å². The summed E-state index contributed by atoms with van der Waals surface area (Å²) in [4.78, 5) is 24.3. The molecule has 7 nitrogen and oxygen atoms in total. The van der Waals surface area contributed by atoms with Crippen LogP contribution in [0.2, 0.25) is 5.02 Å². The average molecular weight is 407 g/mol. The molecule has 0 radical (unpaired) electrons. The van der Waals surface area contributed by atoms with Gasteiger partial charge in [-0.3, -0.25) is 9.59 Å². The van der Waals surface area contributed by atoms with Gasteiger partial charge in [0.1, 0.15) is 5.75 Å². The van der Waals surface area contributed by atoms with E-state index in [2.05, 4.69) is 10.6 Å². The molecule has 2 aromatic carbocycles. The van der Waals surface area contributed by atoms with Crippen molar-refractivity contribution in [2.75, 3.05) is 27.4 Å². The normalized spacial score (nSPS) is 10.1. The van der Waals surface area contributed by atoms with Crippen LogP contribution in [0.1, 0.15) is 22.8 Å². The molecule has 0 atom stereocenters. The molecule has 0 spiro atoms. The lowest BCUT2D eigenvalue weighted by atomic mass is 10.2. The topological polar surface area (TPSA) is 85.9 Å². The van der Waals surface area contributed by atoms with Crippen molar-refractivity contribution in [2.45, 2.75) is 13.5 Å². The van der Waals surface area contributed by atoms with Crippen LogP contribution in [-0.2, 0) is 11.3 Å². The molecule has 0 aliphatic rings. The van der Waals surface area contributed by atoms with Crippen LogP contribution in [-0.4, -0.2) is 39.2 Å². The van der Waals surface area contributed by atoms with E-state index < -0.39 is 5.91 Å². The van der Waals surface area contributed by atoms with Crippen LogP contribution in [0.3, 0.4) is 0 Å². The van der Waals surface area contributed by atoms with E-state index in [1.165, 1.54) is 19.2 Å². The van der Waals surface area contributed by atoms with Gasteiger partial charge >= 0.3 is 0 Å². The molecule has 0 aliphatic carbocycles. The molecule has 2 amide bonds. The lowest BCUT2D eigenvalue weighted by Gasteiger charge is -2.13. The third kappa shape index (κ3) is 5.79. The van der Waals surface area contributed by atoms with Gasteiger partial charge in [0.25, 0.3) is 5.91 Å². The molecule has 2 N–H and O–H groups in total. The summed E-state index contributed by atoms with van der Waals surface area (Å²) in [5.74, 6) is 0.715. The van der Waals surface area contributed by atoms with Crippen molar-refractivity contribution in [3.8, 4) is 17.2 Å². The van der Waals surface area contributed by atoms with Gasteiger partial charge in [-0.1, -0.05) is 23.7 Å². The maximum Gasteiger partial charge on any atom is 0.251 e. The number of benzene rings is 2. The van der Waals surface area contributed by atoms with Crippen LogP contribution >= 0.6 is 11.6 Å². The van der Waals surface area contributed by atoms with E-state index in [1.54, 1.807) is 7.11 Å². The SMILES string of the molecule is CCOc1c(Cl)cc(C(=O)NCC(=O)NCc2ccc(OC)cc2)cc1OC. The number of carbonyl (C=O) groups excluding carboxylic acids is 2. The van der Waals surface area contributed by atoms with Gasteiger partial charge in [0.2, 0.25) is 5.91 Å². The summed E-state index contributed by atoms with van der Waals surface area (Å²) in [6.45, 7) is 2.42. The Morgan fingerprint density at radius 3 is 2.36 bits per heavy atom. The summed E-state index contributed by atoms with van der Waals surface area (Å²) >= 11 is 6.16. The Balaban J connectivity index is 1.90. The highest BCUT2D eigenvalue weighted by molar-refractivity contribution is 6.32. The molecule has 150 valence electrons. The summed E-state index contributed by atoms with van der Waals surface area (Å²) in [5, 5.41) is 5.55. The van der Waals surface area contributed by atoms with E-state index >= 15 is 0 Å². The number of carbonyl (C=O) groups is 2. The Bertz CT molecular complexity index is 824. The van der Waals surface area contributed by atoms with E-state index in [-0.39, 0.29) is 23.0 Å². The number of hydrogen-bond donors (Lipinski definition) is 2. The fraction of sp³-hybridized carbons (Fsp3) is 0.300. The zero-order valence-corrected chi connectivity index (χ0v) is 16.8. The van der Waals surface area contributed by atoms with Crippen molar-refractivity contribution in [3.05, 3.63) is 52.5 Å². The van der Waals surface area contributed by atoms with Crippen molar-refractivity contribution >= 4 is 23.4 Å². The molecule has 0 heterocycles. The highest BCUT2D eigenvalue weighted by Crippen LogP contribution is 2.36. The Morgan fingerprint density at radius 1 is 1.04 bits per heavy atom. The van der Waals surface area contributed by atoms with E-state index in [9.17, 15) is 9.59 Å². The minimum atomic E-state index is -0.442. The second kappa shape index (κ2) is 10.4. The third-order valence-corrected chi connectivity index (χ3v) is 4.12. The Kier molecular flexibility index (Phi) is 7.95. The summed E-state index contributed by atoms with van der Waals surface area (Å²) in [6.07, 6.45) is 0. The van der Waals surface area contributed by atoms with Crippen LogP contribution < -0.4 is 24.8 Å². The molecular formula is C20H23ClN2O5. The second-order valence-electron chi connectivity index (χ2n) is 5.73. The number of rotatable bonds is 9. The molecule has 0 saturated carbocycles. The van der Waals surface area contributed by atoms with Crippen molar-refractivity contribution in [1.29, 1.82) is 0 Å². The van der Waals surface area contributed by atoms with E-state index in [0.29, 0.717) is 24.7 Å². The van der Waals surface area contributed by atoms with Crippen LogP contribution in [0, 0.1) is 0 Å². The smallest absolute Gasteiger partial charge is 0.251 e. The van der Waals surface area contributed by atoms with Gasteiger partial charge in [-0.2, -0.15) is 0 Å². The summed E-state index contributed by atoms with van der Waals surface area (Å²) in [7, 11) is 3.05. The van der Waals surface area contributed by atoms with Gasteiger partial charge in [0, 0.05) is 12.1 Å². The molecular weight excluding hydrogens is 384 g/mol. The van der Waals surface area contributed by atoms with E-state index in [1.807, 2.05) is 31.2 Å². The fourth-order valence-electron chi connectivity index (χ4n) is 2.40. The molecule has 8 heteroatoms. The van der Waals surface area contributed by atoms with Gasteiger partial charge in [-0.25, -0.2) is 0 Å². The lowest BCUT2D eigenvalue weighted by Crippen LogP contribution is -2.36. The van der Waals surface area contributed by atoms with Crippen molar-refractivity contribution in [2.24, 2.45) is 0 Å². The predicted molar refractivity (Wildman–Crippen MR) is 106 cm³/mol. The van der Waals surface area contributed by atoms with Crippen LogP contribution in [0.5, 0.6) is 17.2 Å². The number of nitrogens with one attached hydrogen (secondary N) is 2. The fourth-order valence-corrected chi connectivity index (χ4v) is 2.67. The average Bonchev–Trinajstić information content (AvgIpc) is 2.72. The van der Waals surface area contributed by atoms with Crippen molar-refractivity contribution in [1.82, 2.24) is 10.6 Å². The zero-order chi connectivity index (χ0) is 20.5. The molecule has 0 bridgehead atoms. The molecule has 0 aliphatic heterocycles. The number of amides is 2. The van der Waals surface area contributed by atoms with Gasteiger partial charge in [0.05, 0.1) is 32.4 Å². The number of methoxy groups -OCH3 is 2. The predicted octanol–water partition coefficient (Wildman–Crippen LogP) is 2.80. The monoisotopic (exact) mass is 406 g/mol. The number of ether oxygens (including phenoxy) is 3. The van der Waals surface area contributed by atoms with Gasteiger partial charge < -0.3 is 24.8 Å². The minimum Gasteiger partial charge on any atom is -0.497 e. The lowest BCUT2D eigenvalue weighted by molar-refractivity contribution is -0.120. The largest absolute Gasteiger partial charge is 0.497 e. The quantitative estimate of drug-likeness (QED) is 0.668. The van der Waals surface area contributed by atoms with Gasteiger partial charge in [0.15, 0.2) is 11.5 Å². The Hall–Kier alpha value is -2.93. The van der Waals surface area contributed by atoms with E-state index in [0.717, 1.165) is 11.3 Å². The van der Waals surface area contributed by atoms with Gasteiger partial charge in [-0.05, 0) is 36.8 Å². The molecule has 28 heavy (non-hydrogen) atoms. The van der Waals surface area contributed by atoms with Gasteiger partial charge in [-0.15, -0.1) is 0 Å². The Morgan fingerprint density at radius 2 is 1.75 bits per heavy atom. The summed E-state index contributed by atoms with van der Waals surface area (Å²) in [6, 6.07) is 10.3. The maximum atomic E-state index is 12.3. The molecule has 0 fully saturated rings. The first kappa shape index (κ1) is 21.4.